The Morgan fingerprint density at radius 3 is 2.39 bits per heavy atom. The first-order valence-corrected chi connectivity index (χ1v) is 8.24. The summed E-state index contributed by atoms with van der Waals surface area (Å²) in [5.41, 5.74) is 2.20. The van der Waals surface area contributed by atoms with Crippen LogP contribution in [-0.2, 0) is 0 Å². The van der Waals surface area contributed by atoms with Crippen LogP contribution in [0.5, 0.6) is 0 Å². The van der Waals surface area contributed by atoms with E-state index < -0.39 is 0 Å². The average Bonchev–Trinajstić information content (AvgIpc) is 2.57. The zero-order valence-corrected chi connectivity index (χ0v) is 14.4. The molecule has 0 fully saturated rings. The minimum absolute atomic E-state index is 0.320. The molecule has 1 aromatic carbocycles. The summed E-state index contributed by atoms with van der Waals surface area (Å²) in [5.74, 6) is 1.23. The van der Waals surface area contributed by atoms with Crippen molar-refractivity contribution in [3.05, 3.63) is 30.5 Å². The lowest BCUT2D eigenvalue weighted by Gasteiger charge is -2.21. The molecule has 1 heterocycles. The molecule has 1 aromatic heterocycles. The lowest BCUT2D eigenvalue weighted by molar-refractivity contribution is 0.746. The first-order valence-electron chi connectivity index (χ1n) is 8.24. The summed E-state index contributed by atoms with van der Waals surface area (Å²) in [6.45, 7) is 10.5. The molecular weight excluding hydrogens is 288 g/mol. The number of nitrogens with one attached hydrogen (secondary N) is 2. The third-order valence-electron chi connectivity index (χ3n) is 3.82. The molecule has 0 saturated heterocycles. The van der Waals surface area contributed by atoms with Crippen LogP contribution < -0.4 is 15.5 Å². The molecule has 1 atom stereocenters. The predicted octanol–water partition coefficient (Wildman–Crippen LogP) is 3.67. The lowest BCUT2D eigenvalue weighted by atomic mass is 10.2. The van der Waals surface area contributed by atoms with Gasteiger partial charge in [-0.15, -0.1) is 5.10 Å². The maximum Gasteiger partial charge on any atom is 0.244 e. The third-order valence-corrected chi connectivity index (χ3v) is 3.82. The largest absolute Gasteiger partial charge is 0.372 e. The van der Waals surface area contributed by atoms with Gasteiger partial charge in [0.1, 0.15) is 0 Å². The van der Waals surface area contributed by atoms with Crippen LogP contribution in [0.25, 0.3) is 0 Å². The average molecular weight is 314 g/mol. The number of benzene rings is 1. The topological polar surface area (TPSA) is 66.0 Å². The highest BCUT2D eigenvalue weighted by Crippen LogP contribution is 2.20. The highest BCUT2D eigenvalue weighted by atomic mass is 15.3. The van der Waals surface area contributed by atoms with Gasteiger partial charge in [0.15, 0.2) is 5.82 Å². The van der Waals surface area contributed by atoms with E-state index in [0.29, 0.717) is 17.8 Å². The van der Waals surface area contributed by atoms with Crippen LogP contribution in [0.4, 0.5) is 23.1 Å². The standard InChI is InChI=1S/C17H26N6/c1-5-13(4)19-17-21-16(12-18-22-17)20-14-8-10-15(11-9-14)23(6-2)7-3/h8-13H,5-7H2,1-4H3,(H2,19,20,21,22). The van der Waals surface area contributed by atoms with Crippen LogP contribution >= 0.6 is 0 Å². The van der Waals surface area contributed by atoms with Gasteiger partial charge >= 0.3 is 0 Å². The van der Waals surface area contributed by atoms with E-state index in [1.165, 1.54) is 5.69 Å². The number of hydrogen-bond donors (Lipinski definition) is 2. The fraction of sp³-hybridized carbons (Fsp3) is 0.471. The number of hydrogen-bond acceptors (Lipinski definition) is 6. The summed E-state index contributed by atoms with van der Waals surface area (Å²) in [5, 5.41) is 14.5. The molecule has 0 bridgehead atoms. The summed E-state index contributed by atoms with van der Waals surface area (Å²) in [6.07, 6.45) is 2.63. The maximum atomic E-state index is 4.44. The predicted molar refractivity (Wildman–Crippen MR) is 96.5 cm³/mol. The van der Waals surface area contributed by atoms with Gasteiger partial charge in [-0.05, 0) is 51.5 Å². The van der Waals surface area contributed by atoms with Crippen molar-refractivity contribution in [1.29, 1.82) is 0 Å². The molecule has 124 valence electrons. The first kappa shape index (κ1) is 17.0. The van der Waals surface area contributed by atoms with Crippen molar-refractivity contribution in [2.45, 2.75) is 40.2 Å². The van der Waals surface area contributed by atoms with Gasteiger partial charge in [0.05, 0.1) is 6.20 Å². The molecule has 23 heavy (non-hydrogen) atoms. The molecule has 0 aliphatic carbocycles. The molecule has 0 radical (unpaired) electrons. The Hall–Kier alpha value is -2.37. The van der Waals surface area contributed by atoms with Gasteiger partial charge in [-0.1, -0.05) is 6.92 Å². The van der Waals surface area contributed by atoms with E-state index in [2.05, 4.69) is 82.7 Å². The van der Waals surface area contributed by atoms with Crippen LogP contribution in [0.15, 0.2) is 30.5 Å². The number of rotatable bonds is 8. The van der Waals surface area contributed by atoms with Crippen molar-refractivity contribution in [2.24, 2.45) is 0 Å². The molecular formula is C17H26N6. The quantitative estimate of drug-likeness (QED) is 0.775. The second-order valence-corrected chi connectivity index (χ2v) is 5.46. The summed E-state index contributed by atoms with van der Waals surface area (Å²) in [7, 11) is 0. The van der Waals surface area contributed by atoms with Gasteiger partial charge in [-0.25, -0.2) is 0 Å². The highest BCUT2D eigenvalue weighted by molar-refractivity contribution is 5.60. The Morgan fingerprint density at radius 1 is 1.09 bits per heavy atom. The minimum Gasteiger partial charge on any atom is -0.372 e. The van der Waals surface area contributed by atoms with Gasteiger partial charge in [-0.3, -0.25) is 0 Å². The molecule has 2 rings (SSSR count). The van der Waals surface area contributed by atoms with Gasteiger partial charge in [0.2, 0.25) is 5.95 Å². The molecule has 6 nitrogen and oxygen atoms in total. The first-order chi connectivity index (χ1) is 11.2. The Morgan fingerprint density at radius 2 is 1.78 bits per heavy atom. The molecule has 2 N–H and O–H groups in total. The zero-order valence-electron chi connectivity index (χ0n) is 14.4. The van der Waals surface area contributed by atoms with E-state index in [9.17, 15) is 0 Å². The number of nitrogens with zero attached hydrogens (tertiary/aromatic N) is 4. The smallest absolute Gasteiger partial charge is 0.244 e. The lowest BCUT2D eigenvalue weighted by Crippen LogP contribution is -2.21. The summed E-state index contributed by atoms with van der Waals surface area (Å²) in [6, 6.07) is 8.65. The van der Waals surface area contributed by atoms with Gasteiger partial charge in [0.25, 0.3) is 0 Å². The monoisotopic (exact) mass is 314 g/mol. The SMILES string of the molecule is CCC(C)Nc1nncc(Nc2ccc(N(CC)CC)cc2)n1. The number of aromatic nitrogens is 3. The molecule has 0 aliphatic rings. The number of anilines is 4. The Labute approximate surface area is 138 Å². The maximum absolute atomic E-state index is 4.44. The molecule has 0 saturated carbocycles. The Bertz CT molecular complexity index is 594. The third kappa shape index (κ3) is 4.81. The van der Waals surface area contributed by atoms with Crippen molar-refractivity contribution in [2.75, 3.05) is 28.6 Å². The van der Waals surface area contributed by atoms with Gasteiger partial charge < -0.3 is 15.5 Å². The minimum atomic E-state index is 0.320. The van der Waals surface area contributed by atoms with Crippen molar-refractivity contribution >= 4 is 23.1 Å². The van der Waals surface area contributed by atoms with Crippen LogP contribution in [0.3, 0.4) is 0 Å². The molecule has 0 aliphatic heterocycles. The van der Waals surface area contributed by atoms with Crippen LogP contribution in [0, 0.1) is 0 Å². The highest BCUT2D eigenvalue weighted by Gasteiger charge is 2.05. The van der Waals surface area contributed by atoms with Crippen molar-refractivity contribution in [3.63, 3.8) is 0 Å². The second-order valence-electron chi connectivity index (χ2n) is 5.46. The van der Waals surface area contributed by atoms with E-state index in [-0.39, 0.29) is 0 Å². The van der Waals surface area contributed by atoms with E-state index in [1.54, 1.807) is 6.20 Å². The second kappa shape index (κ2) is 8.31. The summed E-state index contributed by atoms with van der Waals surface area (Å²) >= 11 is 0. The summed E-state index contributed by atoms with van der Waals surface area (Å²) < 4.78 is 0. The molecule has 6 heteroatoms. The fourth-order valence-corrected chi connectivity index (χ4v) is 2.24. The fourth-order valence-electron chi connectivity index (χ4n) is 2.24. The van der Waals surface area contributed by atoms with Gasteiger partial charge in [0, 0.05) is 30.5 Å². The Kier molecular flexibility index (Phi) is 6.14. The van der Waals surface area contributed by atoms with Crippen molar-refractivity contribution in [1.82, 2.24) is 15.2 Å². The van der Waals surface area contributed by atoms with E-state index >= 15 is 0 Å². The zero-order chi connectivity index (χ0) is 16.7. The normalized spacial score (nSPS) is 11.8. The van der Waals surface area contributed by atoms with Crippen LogP contribution in [0.1, 0.15) is 34.1 Å². The molecule has 1 unspecified atom stereocenters. The Balaban J connectivity index is 2.05. The van der Waals surface area contributed by atoms with Crippen molar-refractivity contribution in [3.8, 4) is 0 Å². The molecule has 0 amide bonds. The van der Waals surface area contributed by atoms with E-state index in [1.807, 2.05) is 0 Å². The molecule has 0 spiro atoms. The summed E-state index contributed by atoms with van der Waals surface area (Å²) in [4.78, 5) is 6.75. The van der Waals surface area contributed by atoms with Gasteiger partial charge in [-0.2, -0.15) is 10.1 Å². The van der Waals surface area contributed by atoms with Crippen LogP contribution in [0.2, 0.25) is 0 Å². The van der Waals surface area contributed by atoms with Crippen LogP contribution in [-0.4, -0.2) is 34.3 Å². The molecule has 2 aromatic rings. The van der Waals surface area contributed by atoms with E-state index in [4.69, 9.17) is 0 Å². The van der Waals surface area contributed by atoms with E-state index in [0.717, 1.165) is 25.2 Å². The van der Waals surface area contributed by atoms with Crippen molar-refractivity contribution < 1.29 is 0 Å².